The first-order chi connectivity index (χ1) is 5.01. The number of rotatable bonds is 1. The van der Waals surface area contributed by atoms with Gasteiger partial charge in [0, 0.05) is 0 Å². The standard InChI is InChI=1S/C5H10FNO4/c6-4-2(9)3(10)5(7,1-8)11-4/h2-4,8-10H,1,7H2/t2-,3+,4?,5-/m1/s1. The van der Waals surface area contributed by atoms with Gasteiger partial charge in [-0.1, -0.05) is 0 Å². The van der Waals surface area contributed by atoms with Crippen molar-refractivity contribution in [2.75, 3.05) is 6.61 Å². The molecule has 1 aliphatic heterocycles. The molecule has 0 aromatic carbocycles. The highest BCUT2D eigenvalue weighted by molar-refractivity contribution is 4.94. The van der Waals surface area contributed by atoms with Gasteiger partial charge in [-0.25, -0.2) is 4.39 Å². The van der Waals surface area contributed by atoms with Crippen molar-refractivity contribution in [2.24, 2.45) is 5.73 Å². The summed E-state index contributed by atoms with van der Waals surface area (Å²) in [6, 6.07) is 0. The highest BCUT2D eigenvalue weighted by Gasteiger charge is 2.52. The van der Waals surface area contributed by atoms with E-state index in [4.69, 9.17) is 21.1 Å². The Bertz CT molecular complexity index is 157. The topological polar surface area (TPSA) is 95.9 Å². The second kappa shape index (κ2) is 2.65. The Morgan fingerprint density at radius 3 is 2.27 bits per heavy atom. The quantitative estimate of drug-likeness (QED) is 0.351. The van der Waals surface area contributed by atoms with Crippen molar-refractivity contribution in [3.05, 3.63) is 0 Å². The lowest BCUT2D eigenvalue weighted by Crippen LogP contribution is -2.54. The molecular formula is C5H10FNO4. The van der Waals surface area contributed by atoms with Gasteiger partial charge in [0.15, 0.2) is 5.72 Å². The summed E-state index contributed by atoms with van der Waals surface area (Å²) in [5, 5.41) is 26.3. The van der Waals surface area contributed by atoms with Crippen LogP contribution in [0.25, 0.3) is 0 Å². The number of hydrogen-bond acceptors (Lipinski definition) is 5. The van der Waals surface area contributed by atoms with Crippen LogP contribution >= 0.6 is 0 Å². The summed E-state index contributed by atoms with van der Waals surface area (Å²) in [6.07, 6.45) is -5.32. The average Bonchev–Trinajstić information content (AvgIpc) is 2.17. The summed E-state index contributed by atoms with van der Waals surface area (Å²) >= 11 is 0. The Kier molecular flexibility index (Phi) is 2.13. The van der Waals surface area contributed by atoms with Gasteiger partial charge in [0.05, 0.1) is 6.61 Å². The molecule has 1 aliphatic rings. The lowest BCUT2D eigenvalue weighted by Gasteiger charge is -2.23. The van der Waals surface area contributed by atoms with Crippen LogP contribution in [0.5, 0.6) is 0 Å². The number of halogens is 1. The number of alkyl halides is 1. The Morgan fingerprint density at radius 1 is 1.55 bits per heavy atom. The smallest absolute Gasteiger partial charge is 0.229 e. The average molecular weight is 167 g/mol. The van der Waals surface area contributed by atoms with E-state index in [9.17, 15) is 4.39 Å². The van der Waals surface area contributed by atoms with Crippen LogP contribution in [0.2, 0.25) is 0 Å². The third-order valence-electron chi connectivity index (χ3n) is 1.67. The van der Waals surface area contributed by atoms with Gasteiger partial charge in [-0.3, -0.25) is 5.73 Å². The Morgan fingerprint density at radius 2 is 2.09 bits per heavy atom. The van der Waals surface area contributed by atoms with Crippen LogP contribution in [-0.4, -0.2) is 46.2 Å². The van der Waals surface area contributed by atoms with Crippen molar-refractivity contribution in [1.82, 2.24) is 0 Å². The predicted molar refractivity (Wildman–Crippen MR) is 32.0 cm³/mol. The van der Waals surface area contributed by atoms with Crippen LogP contribution < -0.4 is 5.73 Å². The minimum atomic E-state index is -2.04. The molecule has 1 rings (SSSR count). The first-order valence-corrected chi connectivity index (χ1v) is 3.09. The van der Waals surface area contributed by atoms with Gasteiger partial charge < -0.3 is 20.1 Å². The van der Waals surface area contributed by atoms with Crippen LogP contribution in [0.15, 0.2) is 0 Å². The molecule has 5 N–H and O–H groups in total. The van der Waals surface area contributed by atoms with Gasteiger partial charge in [0.25, 0.3) is 0 Å². The summed E-state index contributed by atoms with van der Waals surface area (Å²) in [7, 11) is 0. The molecule has 0 radical (unpaired) electrons. The fraction of sp³-hybridized carbons (Fsp3) is 1.00. The van der Waals surface area contributed by atoms with E-state index in [2.05, 4.69) is 4.74 Å². The maximum Gasteiger partial charge on any atom is 0.229 e. The number of aliphatic hydroxyl groups is 3. The summed E-state index contributed by atoms with van der Waals surface area (Å²) in [4.78, 5) is 0. The minimum absolute atomic E-state index is 0.744. The van der Waals surface area contributed by atoms with Gasteiger partial charge in [-0.2, -0.15) is 0 Å². The minimum Gasteiger partial charge on any atom is -0.392 e. The van der Waals surface area contributed by atoms with Crippen molar-refractivity contribution >= 4 is 0 Å². The Labute approximate surface area is 62.2 Å². The zero-order chi connectivity index (χ0) is 8.65. The molecule has 0 aromatic heterocycles. The maximum atomic E-state index is 12.4. The molecule has 0 amide bonds. The molecule has 66 valence electrons. The monoisotopic (exact) mass is 167 g/mol. The van der Waals surface area contributed by atoms with Gasteiger partial charge in [0.1, 0.15) is 12.2 Å². The van der Waals surface area contributed by atoms with E-state index in [1.807, 2.05) is 0 Å². The summed E-state index contributed by atoms with van der Waals surface area (Å²) in [5.74, 6) is 0. The number of nitrogens with two attached hydrogens (primary N) is 1. The largest absolute Gasteiger partial charge is 0.392 e. The SMILES string of the molecule is N[C@]1(CO)OC(F)[C@H](O)[C@@H]1O. The molecule has 1 fully saturated rings. The van der Waals surface area contributed by atoms with Gasteiger partial charge >= 0.3 is 0 Å². The Balaban J connectivity index is 2.73. The summed E-state index contributed by atoms with van der Waals surface area (Å²) in [6.45, 7) is -0.744. The molecule has 4 atom stereocenters. The first kappa shape index (κ1) is 8.82. The van der Waals surface area contributed by atoms with E-state index in [-0.39, 0.29) is 0 Å². The molecule has 6 heteroatoms. The van der Waals surface area contributed by atoms with Crippen LogP contribution in [0, 0.1) is 0 Å². The van der Waals surface area contributed by atoms with Gasteiger partial charge in [0.2, 0.25) is 6.36 Å². The van der Waals surface area contributed by atoms with Crippen molar-refractivity contribution in [1.29, 1.82) is 0 Å². The molecule has 5 nitrogen and oxygen atoms in total. The van der Waals surface area contributed by atoms with E-state index in [0.717, 1.165) is 0 Å². The maximum absolute atomic E-state index is 12.4. The van der Waals surface area contributed by atoms with Crippen LogP contribution in [-0.2, 0) is 4.74 Å². The third kappa shape index (κ3) is 1.23. The second-order valence-corrected chi connectivity index (χ2v) is 2.52. The van der Waals surface area contributed by atoms with E-state index in [1.54, 1.807) is 0 Å². The van der Waals surface area contributed by atoms with Crippen molar-refractivity contribution < 1.29 is 24.4 Å². The molecule has 0 saturated carbocycles. The van der Waals surface area contributed by atoms with E-state index in [1.165, 1.54) is 0 Å². The van der Waals surface area contributed by atoms with Crippen LogP contribution in [0.4, 0.5) is 4.39 Å². The molecule has 0 aromatic rings. The number of aliphatic hydroxyl groups excluding tert-OH is 3. The second-order valence-electron chi connectivity index (χ2n) is 2.52. The molecular weight excluding hydrogens is 157 g/mol. The Hall–Kier alpha value is -0.270. The lowest BCUT2D eigenvalue weighted by molar-refractivity contribution is -0.139. The molecule has 1 saturated heterocycles. The molecule has 11 heavy (non-hydrogen) atoms. The van der Waals surface area contributed by atoms with E-state index in [0.29, 0.717) is 0 Å². The molecule has 0 bridgehead atoms. The third-order valence-corrected chi connectivity index (χ3v) is 1.67. The fourth-order valence-electron chi connectivity index (χ4n) is 0.912. The van der Waals surface area contributed by atoms with Gasteiger partial charge in [-0.05, 0) is 0 Å². The van der Waals surface area contributed by atoms with Crippen molar-refractivity contribution in [3.8, 4) is 0 Å². The van der Waals surface area contributed by atoms with Crippen molar-refractivity contribution in [2.45, 2.75) is 24.3 Å². The van der Waals surface area contributed by atoms with Crippen LogP contribution in [0.3, 0.4) is 0 Å². The fourth-order valence-corrected chi connectivity index (χ4v) is 0.912. The highest BCUT2D eigenvalue weighted by Crippen LogP contribution is 2.27. The van der Waals surface area contributed by atoms with Crippen molar-refractivity contribution in [3.63, 3.8) is 0 Å². The predicted octanol–water partition coefficient (Wildman–Crippen LogP) is -2.32. The lowest BCUT2D eigenvalue weighted by atomic mass is 10.1. The molecule has 1 heterocycles. The van der Waals surface area contributed by atoms with Gasteiger partial charge in [-0.15, -0.1) is 0 Å². The summed E-state index contributed by atoms with van der Waals surface area (Å²) < 4.78 is 16.7. The van der Waals surface area contributed by atoms with Crippen LogP contribution in [0.1, 0.15) is 0 Å². The zero-order valence-electron chi connectivity index (χ0n) is 5.64. The molecule has 0 spiro atoms. The molecule has 1 unspecified atom stereocenters. The summed E-state index contributed by atoms with van der Waals surface area (Å²) in [5.41, 5.74) is 3.28. The first-order valence-electron chi connectivity index (χ1n) is 3.09. The van der Waals surface area contributed by atoms with E-state index >= 15 is 0 Å². The zero-order valence-corrected chi connectivity index (χ0v) is 5.64. The normalized spacial score (nSPS) is 51.5. The number of hydrogen-bond donors (Lipinski definition) is 4. The molecule has 0 aliphatic carbocycles. The highest BCUT2D eigenvalue weighted by atomic mass is 19.1. The number of ether oxygens (including phenoxy) is 1. The van der Waals surface area contributed by atoms with E-state index < -0.39 is 30.9 Å².